The highest BCUT2D eigenvalue weighted by molar-refractivity contribution is 6.10. The second kappa shape index (κ2) is 9.11. The molecule has 0 amide bonds. The van der Waals surface area contributed by atoms with E-state index in [0.717, 1.165) is 72.4 Å². The van der Waals surface area contributed by atoms with E-state index >= 15 is 0 Å². The summed E-state index contributed by atoms with van der Waals surface area (Å²) in [6.45, 7) is 0. The lowest BCUT2D eigenvalue weighted by Gasteiger charge is -2.12. The average molecular weight is 578 g/mol. The first-order valence-corrected chi connectivity index (χ1v) is 15.0. The molecule has 0 aliphatic heterocycles. The van der Waals surface area contributed by atoms with E-state index in [0.29, 0.717) is 5.89 Å². The molecular formula is C39H23N5O. The van der Waals surface area contributed by atoms with E-state index in [2.05, 4.69) is 111 Å². The van der Waals surface area contributed by atoms with Gasteiger partial charge in [-0.1, -0.05) is 72.8 Å². The SMILES string of the molecule is c1ccc2oc(-c3ccc(-c4ccc5c(c4)c4ccccc4n5-c4nc5ccccc5c5nc6ccccc6n45)cc3)nc2c1. The first kappa shape index (κ1) is 24.2. The highest BCUT2D eigenvalue weighted by Crippen LogP contribution is 2.37. The normalized spacial score (nSPS) is 12.0. The third kappa shape index (κ3) is 3.53. The maximum Gasteiger partial charge on any atom is 0.227 e. The second-order valence-electron chi connectivity index (χ2n) is 11.3. The Bertz CT molecular complexity index is 2730. The van der Waals surface area contributed by atoms with E-state index in [1.165, 1.54) is 10.8 Å². The van der Waals surface area contributed by atoms with E-state index in [-0.39, 0.29) is 0 Å². The lowest BCUT2D eigenvalue weighted by molar-refractivity contribution is 0.620. The highest BCUT2D eigenvalue weighted by Gasteiger charge is 2.20. The molecule has 10 rings (SSSR count). The fourth-order valence-electron chi connectivity index (χ4n) is 6.65. The van der Waals surface area contributed by atoms with Crippen LogP contribution in [0.2, 0.25) is 0 Å². The third-order valence-electron chi connectivity index (χ3n) is 8.76. The van der Waals surface area contributed by atoms with Crippen LogP contribution < -0.4 is 0 Å². The van der Waals surface area contributed by atoms with E-state index in [1.54, 1.807) is 0 Å². The van der Waals surface area contributed by atoms with Gasteiger partial charge in [0.05, 0.1) is 27.6 Å². The molecule has 0 aliphatic carbocycles. The summed E-state index contributed by atoms with van der Waals surface area (Å²) in [4.78, 5) is 15.0. The summed E-state index contributed by atoms with van der Waals surface area (Å²) in [5.41, 5.74) is 10.8. The molecule has 0 N–H and O–H groups in total. The molecule has 45 heavy (non-hydrogen) atoms. The zero-order chi connectivity index (χ0) is 29.5. The first-order chi connectivity index (χ1) is 22.3. The first-order valence-electron chi connectivity index (χ1n) is 15.0. The predicted octanol–water partition coefficient (Wildman–Crippen LogP) is 9.61. The van der Waals surface area contributed by atoms with Crippen molar-refractivity contribution in [1.29, 1.82) is 0 Å². The molecule has 6 nitrogen and oxygen atoms in total. The molecule has 0 saturated heterocycles. The maximum atomic E-state index is 6.00. The van der Waals surface area contributed by atoms with Gasteiger partial charge in [-0.15, -0.1) is 0 Å². The van der Waals surface area contributed by atoms with E-state index < -0.39 is 0 Å². The zero-order valence-corrected chi connectivity index (χ0v) is 23.9. The molecule has 0 aliphatic rings. The van der Waals surface area contributed by atoms with Gasteiger partial charge in [0.2, 0.25) is 11.8 Å². The summed E-state index contributed by atoms with van der Waals surface area (Å²) in [7, 11) is 0. The number of aromatic nitrogens is 5. The number of hydrogen-bond donors (Lipinski definition) is 0. The topological polar surface area (TPSA) is 61.2 Å². The van der Waals surface area contributed by atoms with Crippen molar-refractivity contribution in [3.8, 4) is 28.5 Å². The Kier molecular flexibility index (Phi) is 4.90. The summed E-state index contributed by atoms with van der Waals surface area (Å²) in [5.74, 6) is 1.45. The number of oxazole rings is 1. The third-order valence-corrected chi connectivity index (χ3v) is 8.76. The average Bonchev–Trinajstić information content (AvgIpc) is 3.80. The van der Waals surface area contributed by atoms with Crippen LogP contribution in [-0.4, -0.2) is 23.9 Å². The van der Waals surface area contributed by atoms with Crippen LogP contribution >= 0.6 is 0 Å². The summed E-state index contributed by atoms with van der Waals surface area (Å²) in [6.07, 6.45) is 0. The van der Waals surface area contributed by atoms with Crippen LogP contribution in [-0.2, 0) is 0 Å². The fourth-order valence-corrected chi connectivity index (χ4v) is 6.65. The standard InChI is InChI=1S/C39H23N5O/c1-3-11-30-28(10-1)37-40-31-12-4-7-15-35(31)44(37)39(42-30)43-33-14-6-2-9-27(33)29-23-26(21-22-34(29)43)24-17-19-25(20-18-24)38-41-32-13-5-8-16-36(32)45-38/h1-23H. The van der Waals surface area contributed by atoms with Gasteiger partial charge in [-0.2, -0.15) is 0 Å². The second-order valence-corrected chi connectivity index (χ2v) is 11.3. The minimum Gasteiger partial charge on any atom is -0.436 e. The molecule has 4 heterocycles. The molecule has 0 unspecified atom stereocenters. The van der Waals surface area contributed by atoms with Crippen LogP contribution in [0.25, 0.3) is 89.0 Å². The van der Waals surface area contributed by atoms with Crippen molar-refractivity contribution in [3.63, 3.8) is 0 Å². The molecule has 0 bridgehead atoms. The Hall–Kier alpha value is -6.27. The van der Waals surface area contributed by atoms with Crippen LogP contribution in [0, 0.1) is 0 Å². The van der Waals surface area contributed by atoms with Gasteiger partial charge in [-0.25, -0.2) is 15.0 Å². The quantitative estimate of drug-likeness (QED) is 0.210. The maximum absolute atomic E-state index is 6.00. The molecule has 6 heteroatoms. The molecule has 0 radical (unpaired) electrons. The Morgan fingerprint density at radius 2 is 1.09 bits per heavy atom. The number of imidazole rings is 1. The molecule has 210 valence electrons. The minimum atomic E-state index is 0.627. The molecule has 0 saturated carbocycles. The molecular weight excluding hydrogens is 554 g/mol. The van der Waals surface area contributed by atoms with Crippen molar-refractivity contribution in [2.24, 2.45) is 0 Å². The Labute approximate surface area is 256 Å². The summed E-state index contributed by atoms with van der Waals surface area (Å²) >= 11 is 0. The summed E-state index contributed by atoms with van der Waals surface area (Å²) in [5, 5.41) is 3.37. The number of para-hydroxylation sites is 6. The number of benzene rings is 6. The Morgan fingerprint density at radius 1 is 0.444 bits per heavy atom. The van der Waals surface area contributed by atoms with Gasteiger partial charge in [-0.3, -0.25) is 8.97 Å². The summed E-state index contributed by atoms with van der Waals surface area (Å²) < 4.78 is 10.5. The Balaban J connectivity index is 1.18. The van der Waals surface area contributed by atoms with Crippen molar-refractivity contribution in [2.45, 2.75) is 0 Å². The molecule has 0 fully saturated rings. The van der Waals surface area contributed by atoms with Crippen LogP contribution in [0.1, 0.15) is 0 Å². The molecule has 10 aromatic rings. The largest absolute Gasteiger partial charge is 0.436 e. The lowest BCUT2D eigenvalue weighted by atomic mass is 10.0. The van der Waals surface area contributed by atoms with Crippen molar-refractivity contribution < 1.29 is 4.42 Å². The van der Waals surface area contributed by atoms with Crippen LogP contribution in [0.3, 0.4) is 0 Å². The van der Waals surface area contributed by atoms with Crippen LogP contribution in [0.5, 0.6) is 0 Å². The van der Waals surface area contributed by atoms with Crippen molar-refractivity contribution >= 4 is 60.5 Å². The predicted molar refractivity (Wildman–Crippen MR) is 181 cm³/mol. The highest BCUT2D eigenvalue weighted by atomic mass is 16.3. The van der Waals surface area contributed by atoms with Gasteiger partial charge in [-0.05, 0) is 77.9 Å². The number of fused-ring (bicyclic) bond motifs is 9. The zero-order valence-electron chi connectivity index (χ0n) is 23.9. The van der Waals surface area contributed by atoms with Gasteiger partial charge in [0.25, 0.3) is 0 Å². The van der Waals surface area contributed by atoms with Gasteiger partial charge in [0.15, 0.2) is 5.58 Å². The van der Waals surface area contributed by atoms with Crippen LogP contribution in [0.4, 0.5) is 0 Å². The van der Waals surface area contributed by atoms with Crippen LogP contribution in [0.15, 0.2) is 144 Å². The van der Waals surface area contributed by atoms with E-state index in [1.807, 2.05) is 42.5 Å². The molecule has 4 aromatic heterocycles. The molecule has 0 atom stereocenters. The van der Waals surface area contributed by atoms with Gasteiger partial charge in [0.1, 0.15) is 11.2 Å². The monoisotopic (exact) mass is 577 g/mol. The number of rotatable bonds is 3. The Morgan fingerprint density at radius 3 is 1.93 bits per heavy atom. The number of nitrogens with zero attached hydrogens (tertiary/aromatic N) is 5. The number of hydrogen-bond acceptors (Lipinski definition) is 4. The van der Waals surface area contributed by atoms with E-state index in [4.69, 9.17) is 14.4 Å². The van der Waals surface area contributed by atoms with Gasteiger partial charge in [0, 0.05) is 21.7 Å². The van der Waals surface area contributed by atoms with Crippen molar-refractivity contribution in [3.05, 3.63) is 140 Å². The summed E-state index contributed by atoms with van der Waals surface area (Å²) in [6, 6.07) is 48.0. The fraction of sp³-hybridized carbons (Fsp3) is 0. The van der Waals surface area contributed by atoms with Crippen molar-refractivity contribution in [2.75, 3.05) is 0 Å². The van der Waals surface area contributed by atoms with Gasteiger partial charge >= 0.3 is 0 Å². The van der Waals surface area contributed by atoms with E-state index in [9.17, 15) is 0 Å². The molecule has 0 spiro atoms. The smallest absolute Gasteiger partial charge is 0.227 e. The van der Waals surface area contributed by atoms with Crippen molar-refractivity contribution in [1.82, 2.24) is 23.9 Å². The minimum absolute atomic E-state index is 0.627. The van der Waals surface area contributed by atoms with Gasteiger partial charge < -0.3 is 4.42 Å². The lowest BCUT2D eigenvalue weighted by Crippen LogP contribution is -2.06. The molecule has 6 aromatic carbocycles.